The van der Waals surface area contributed by atoms with Crippen molar-refractivity contribution >= 4 is 17.5 Å². The second-order valence-electron chi connectivity index (χ2n) is 7.82. The largest absolute Gasteiger partial charge is 0.457 e. The molecule has 2 amide bonds. The first-order valence-electron chi connectivity index (χ1n) is 9.29. The van der Waals surface area contributed by atoms with Gasteiger partial charge in [-0.1, -0.05) is 18.2 Å². The molecule has 6 heteroatoms. The Morgan fingerprint density at radius 2 is 1.57 bits per heavy atom. The highest BCUT2D eigenvalue weighted by Crippen LogP contribution is 2.22. The molecule has 6 nitrogen and oxygen atoms in total. The van der Waals surface area contributed by atoms with E-state index in [2.05, 4.69) is 10.6 Å². The maximum absolute atomic E-state index is 12.5. The second kappa shape index (κ2) is 9.37. The number of para-hydroxylation sites is 1. The summed E-state index contributed by atoms with van der Waals surface area (Å²) in [6.45, 7) is 7.69. The van der Waals surface area contributed by atoms with Crippen LogP contribution >= 0.6 is 0 Å². The van der Waals surface area contributed by atoms with Gasteiger partial charge in [0, 0.05) is 11.2 Å². The lowest BCUT2D eigenvalue weighted by Gasteiger charge is -2.26. The van der Waals surface area contributed by atoms with Crippen molar-refractivity contribution in [2.45, 2.75) is 39.3 Å². The van der Waals surface area contributed by atoms with Gasteiger partial charge < -0.3 is 15.4 Å². The lowest BCUT2D eigenvalue weighted by molar-refractivity contribution is -0.125. The first-order valence-corrected chi connectivity index (χ1v) is 9.29. The van der Waals surface area contributed by atoms with Crippen molar-refractivity contribution in [2.75, 3.05) is 18.9 Å². The van der Waals surface area contributed by atoms with E-state index in [0.717, 1.165) is 5.75 Å². The summed E-state index contributed by atoms with van der Waals surface area (Å²) in [6.07, 6.45) is 0. The van der Waals surface area contributed by atoms with Crippen LogP contribution in [-0.2, 0) is 9.59 Å². The number of ether oxygens (including phenoxy) is 1. The minimum atomic E-state index is -0.453. The first kappa shape index (κ1) is 21.4. The Morgan fingerprint density at radius 1 is 1.00 bits per heavy atom. The molecule has 1 atom stereocenters. The molecule has 2 rings (SSSR count). The predicted molar refractivity (Wildman–Crippen MR) is 112 cm³/mol. The van der Waals surface area contributed by atoms with Crippen LogP contribution in [0, 0.1) is 0 Å². The number of likely N-dealkylation sites (N-methyl/N-ethyl adjacent to an activating group) is 1. The number of hydrogen-bond acceptors (Lipinski definition) is 4. The third kappa shape index (κ3) is 7.04. The lowest BCUT2D eigenvalue weighted by atomic mass is 10.1. The lowest BCUT2D eigenvalue weighted by Crippen LogP contribution is -2.49. The normalized spacial score (nSPS) is 12.4. The second-order valence-corrected chi connectivity index (χ2v) is 7.82. The van der Waals surface area contributed by atoms with Gasteiger partial charge in [0.05, 0.1) is 12.6 Å². The van der Waals surface area contributed by atoms with Crippen molar-refractivity contribution in [3.63, 3.8) is 0 Å². The molecule has 0 aliphatic heterocycles. The van der Waals surface area contributed by atoms with Crippen LogP contribution in [0.4, 0.5) is 5.69 Å². The maximum atomic E-state index is 12.5. The fourth-order valence-corrected chi connectivity index (χ4v) is 2.50. The smallest absolute Gasteiger partial charge is 0.241 e. The molecule has 2 aromatic carbocycles. The van der Waals surface area contributed by atoms with Crippen molar-refractivity contribution in [1.82, 2.24) is 10.2 Å². The van der Waals surface area contributed by atoms with E-state index in [4.69, 9.17) is 4.74 Å². The van der Waals surface area contributed by atoms with E-state index in [1.807, 2.05) is 51.1 Å². The number of nitrogens with zero attached hydrogens (tertiary/aromatic N) is 1. The van der Waals surface area contributed by atoms with Gasteiger partial charge in [-0.05, 0) is 71.1 Å². The molecule has 0 unspecified atom stereocenters. The number of carbonyl (C=O) groups is 2. The molecule has 0 saturated carbocycles. The Kier molecular flexibility index (Phi) is 7.18. The van der Waals surface area contributed by atoms with Gasteiger partial charge in [0.1, 0.15) is 11.5 Å². The van der Waals surface area contributed by atoms with Gasteiger partial charge in [-0.2, -0.15) is 0 Å². The summed E-state index contributed by atoms with van der Waals surface area (Å²) in [5.74, 6) is 1.15. The summed E-state index contributed by atoms with van der Waals surface area (Å²) in [5.41, 5.74) is 0.372. The predicted octanol–water partition coefficient (Wildman–Crippen LogP) is 3.65. The summed E-state index contributed by atoms with van der Waals surface area (Å²) in [7, 11) is 1.75. The van der Waals surface area contributed by atoms with Crippen molar-refractivity contribution in [3.05, 3.63) is 54.6 Å². The number of hydrogen-bond donors (Lipinski definition) is 2. The van der Waals surface area contributed by atoms with E-state index >= 15 is 0 Å². The van der Waals surface area contributed by atoms with Crippen molar-refractivity contribution in [3.8, 4) is 11.5 Å². The fraction of sp³-hybridized carbons (Fsp3) is 0.364. The summed E-state index contributed by atoms with van der Waals surface area (Å²) in [4.78, 5) is 26.2. The highest BCUT2D eigenvalue weighted by Gasteiger charge is 2.22. The molecule has 2 N–H and O–H groups in total. The summed E-state index contributed by atoms with van der Waals surface area (Å²) < 4.78 is 5.74. The third-order valence-electron chi connectivity index (χ3n) is 4.05. The molecule has 0 radical (unpaired) electrons. The summed E-state index contributed by atoms with van der Waals surface area (Å²) in [5, 5.41) is 5.76. The minimum absolute atomic E-state index is 0.114. The molecule has 0 spiro atoms. The van der Waals surface area contributed by atoms with E-state index in [1.165, 1.54) is 0 Å². The highest BCUT2D eigenvalue weighted by molar-refractivity contribution is 5.95. The van der Waals surface area contributed by atoms with Crippen molar-refractivity contribution < 1.29 is 14.3 Å². The molecule has 0 fully saturated rings. The Morgan fingerprint density at radius 3 is 2.14 bits per heavy atom. The Bertz CT molecular complexity index is 783. The van der Waals surface area contributed by atoms with Gasteiger partial charge in [0.25, 0.3) is 0 Å². The number of carbonyl (C=O) groups excluding carboxylic acids is 2. The fourth-order valence-electron chi connectivity index (χ4n) is 2.50. The monoisotopic (exact) mass is 383 g/mol. The Labute approximate surface area is 166 Å². The van der Waals surface area contributed by atoms with Crippen LogP contribution in [0.2, 0.25) is 0 Å². The minimum Gasteiger partial charge on any atom is -0.457 e. The molecule has 0 aliphatic rings. The molecule has 0 heterocycles. The number of nitrogens with one attached hydrogen (secondary N) is 2. The van der Waals surface area contributed by atoms with Gasteiger partial charge in [-0.15, -0.1) is 0 Å². The zero-order valence-corrected chi connectivity index (χ0v) is 17.2. The average molecular weight is 383 g/mol. The van der Waals surface area contributed by atoms with Crippen LogP contribution in [0.25, 0.3) is 0 Å². The van der Waals surface area contributed by atoms with Gasteiger partial charge in [0.2, 0.25) is 11.8 Å². The van der Waals surface area contributed by atoms with Crippen LogP contribution in [0.15, 0.2) is 54.6 Å². The van der Waals surface area contributed by atoms with E-state index in [0.29, 0.717) is 11.4 Å². The zero-order valence-electron chi connectivity index (χ0n) is 17.2. The molecule has 0 aliphatic carbocycles. The molecule has 28 heavy (non-hydrogen) atoms. The summed E-state index contributed by atoms with van der Waals surface area (Å²) in [6, 6.07) is 16.2. The third-order valence-corrected chi connectivity index (χ3v) is 4.05. The van der Waals surface area contributed by atoms with Crippen molar-refractivity contribution in [1.29, 1.82) is 0 Å². The van der Waals surface area contributed by atoms with Crippen molar-refractivity contribution in [2.24, 2.45) is 0 Å². The number of rotatable bonds is 7. The van der Waals surface area contributed by atoms with Crippen LogP contribution in [0.5, 0.6) is 11.5 Å². The molecule has 0 aromatic heterocycles. The van der Waals surface area contributed by atoms with E-state index < -0.39 is 6.04 Å². The van der Waals surface area contributed by atoms with Crippen LogP contribution < -0.4 is 15.4 Å². The van der Waals surface area contributed by atoms with E-state index in [9.17, 15) is 9.59 Å². The Balaban J connectivity index is 1.88. The number of anilines is 1. The van der Waals surface area contributed by atoms with Crippen LogP contribution in [0.3, 0.4) is 0 Å². The number of amides is 2. The summed E-state index contributed by atoms with van der Waals surface area (Å²) >= 11 is 0. The van der Waals surface area contributed by atoms with Gasteiger partial charge in [-0.3, -0.25) is 14.5 Å². The maximum Gasteiger partial charge on any atom is 0.241 e. The highest BCUT2D eigenvalue weighted by atomic mass is 16.5. The van der Waals surface area contributed by atoms with Crippen LogP contribution in [0.1, 0.15) is 27.7 Å². The zero-order chi connectivity index (χ0) is 20.7. The average Bonchev–Trinajstić information content (AvgIpc) is 2.61. The van der Waals surface area contributed by atoms with Crippen LogP contribution in [-0.4, -0.2) is 41.9 Å². The molecule has 2 aromatic rings. The van der Waals surface area contributed by atoms with Gasteiger partial charge in [0.15, 0.2) is 0 Å². The quantitative estimate of drug-likeness (QED) is 0.766. The topological polar surface area (TPSA) is 70.7 Å². The SMILES string of the molecule is C[C@@H](C(=O)Nc1ccc(Oc2ccccc2)cc1)N(C)CC(=O)NC(C)(C)C. The standard InChI is InChI=1S/C22H29N3O3/c1-16(25(5)15-20(26)24-22(2,3)4)21(27)23-17-11-13-19(14-12-17)28-18-9-7-6-8-10-18/h6-14,16H,15H2,1-5H3,(H,23,27)(H,24,26)/t16-/m0/s1. The molecule has 150 valence electrons. The molecular formula is C22H29N3O3. The number of benzene rings is 2. The molecule has 0 bridgehead atoms. The molecule has 0 saturated heterocycles. The molecular weight excluding hydrogens is 354 g/mol. The first-order chi connectivity index (χ1) is 13.1. The van der Waals surface area contributed by atoms with E-state index in [-0.39, 0.29) is 23.9 Å². The van der Waals surface area contributed by atoms with Gasteiger partial charge in [-0.25, -0.2) is 0 Å². The van der Waals surface area contributed by atoms with E-state index in [1.54, 1.807) is 43.1 Å². The van der Waals surface area contributed by atoms with Gasteiger partial charge >= 0.3 is 0 Å². The Hall–Kier alpha value is -2.86.